The standard InChI is InChI=1S/C8H20N4/c1-2-10-5-6-12-8-7-11-4-3-9-1/h9-12H,1-8H2/p+1. The van der Waals surface area contributed by atoms with Gasteiger partial charge >= 0.3 is 0 Å². The van der Waals surface area contributed by atoms with Gasteiger partial charge in [-0.15, -0.1) is 0 Å². The Bertz CT molecular complexity index is 54.0. The lowest BCUT2D eigenvalue weighted by Crippen LogP contribution is -2.87. The lowest BCUT2D eigenvalue weighted by atomic mass is 10.4. The van der Waals surface area contributed by atoms with Crippen LogP contribution in [0.4, 0.5) is 0 Å². The minimum absolute atomic E-state index is 1.08. The molecule has 0 bridgehead atoms. The minimum atomic E-state index is 1.08. The van der Waals surface area contributed by atoms with Crippen LogP contribution < -0.4 is 21.3 Å². The molecule has 0 unspecified atom stereocenters. The number of rotatable bonds is 0. The van der Waals surface area contributed by atoms with Crippen LogP contribution in [0.25, 0.3) is 0 Å². The Hall–Kier alpha value is -0.160. The van der Waals surface area contributed by atoms with E-state index in [9.17, 15) is 0 Å². The highest BCUT2D eigenvalue weighted by Gasteiger charge is 1.94. The van der Waals surface area contributed by atoms with Crippen molar-refractivity contribution in [2.75, 3.05) is 52.4 Å². The van der Waals surface area contributed by atoms with Gasteiger partial charge in [0, 0.05) is 39.3 Å². The fourth-order valence-corrected chi connectivity index (χ4v) is 1.28. The topological polar surface area (TPSA) is 52.7 Å². The Morgan fingerprint density at radius 1 is 0.583 bits per heavy atom. The second kappa shape index (κ2) is 7.49. The zero-order valence-electron chi connectivity index (χ0n) is 7.73. The molecule has 12 heavy (non-hydrogen) atoms. The summed E-state index contributed by atoms with van der Waals surface area (Å²) in [6.45, 7) is 9.00. The van der Waals surface area contributed by atoms with E-state index in [2.05, 4.69) is 21.3 Å². The fraction of sp³-hybridized carbons (Fsp3) is 1.00. The maximum atomic E-state index is 3.39. The second-order valence-electron chi connectivity index (χ2n) is 3.12. The normalized spacial score (nSPS) is 24.0. The van der Waals surface area contributed by atoms with Crippen molar-refractivity contribution in [3.8, 4) is 0 Å². The van der Waals surface area contributed by atoms with E-state index in [1.165, 1.54) is 13.1 Å². The SMILES string of the molecule is C1CNCC[NH2+]CCNCCN1. The summed E-state index contributed by atoms with van der Waals surface area (Å²) in [5.74, 6) is 0. The summed E-state index contributed by atoms with van der Waals surface area (Å²) in [5.41, 5.74) is 0. The van der Waals surface area contributed by atoms with Crippen LogP contribution in [0, 0.1) is 0 Å². The minimum Gasteiger partial charge on any atom is -0.344 e. The third-order valence-corrected chi connectivity index (χ3v) is 2.01. The summed E-state index contributed by atoms with van der Waals surface area (Å²) in [7, 11) is 0. The first-order valence-electron chi connectivity index (χ1n) is 4.94. The molecule has 1 aliphatic rings. The van der Waals surface area contributed by atoms with E-state index < -0.39 is 0 Å². The Balaban J connectivity index is 2.00. The van der Waals surface area contributed by atoms with E-state index >= 15 is 0 Å². The van der Waals surface area contributed by atoms with E-state index in [4.69, 9.17) is 0 Å². The van der Waals surface area contributed by atoms with Gasteiger partial charge < -0.3 is 21.3 Å². The van der Waals surface area contributed by atoms with Gasteiger partial charge in [0.2, 0.25) is 0 Å². The molecule has 0 aromatic heterocycles. The highest BCUT2D eigenvalue weighted by molar-refractivity contribution is 4.54. The Labute approximate surface area is 74.5 Å². The molecule has 4 nitrogen and oxygen atoms in total. The third kappa shape index (κ3) is 5.49. The van der Waals surface area contributed by atoms with E-state index in [1.54, 1.807) is 0 Å². The number of nitrogens with two attached hydrogens (primary N) is 1. The molecule has 0 saturated carbocycles. The second-order valence-corrected chi connectivity index (χ2v) is 3.12. The van der Waals surface area contributed by atoms with Crippen LogP contribution in [-0.4, -0.2) is 52.4 Å². The molecule has 0 aromatic rings. The number of hydrogen-bond acceptors (Lipinski definition) is 3. The highest BCUT2D eigenvalue weighted by atomic mass is 15.0. The largest absolute Gasteiger partial charge is 0.344 e. The number of nitrogens with one attached hydrogen (secondary N) is 3. The summed E-state index contributed by atoms with van der Waals surface area (Å²) in [5, 5.41) is 12.5. The zero-order valence-corrected chi connectivity index (χ0v) is 7.73. The fourth-order valence-electron chi connectivity index (χ4n) is 1.28. The van der Waals surface area contributed by atoms with Crippen molar-refractivity contribution < 1.29 is 5.32 Å². The van der Waals surface area contributed by atoms with E-state index in [0.717, 1.165) is 39.3 Å². The first-order chi connectivity index (χ1) is 6.00. The monoisotopic (exact) mass is 173 g/mol. The molecule has 1 aliphatic heterocycles. The van der Waals surface area contributed by atoms with Crippen LogP contribution in [0.1, 0.15) is 0 Å². The van der Waals surface area contributed by atoms with Crippen LogP contribution in [0.3, 0.4) is 0 Å². The molecule has 0 aromatic carbocycles. The van der Waals surface area contributed by atoms with Crippen molar-refractivity contribution in [1.82, 2.24) is 16.0 Å². The molecular weight excluding hydrogens is 152 g/mol. The van der Waals surface area contributed by atoms with Crippen LogP contribution >= 0.6 is 0 Å². The van der Waals surface area contributed by atoms with Crippen LogP contribution in [0.15, 0.2) is 0 Å². The van der Waals surface area contributed by atoms with E-state index in [0.29, 0.717) is 0 Å². The Morgan fingerprint density at radius 3 is 1.50 bits per heavy atom. The smallest absolute Gasteiger partial charge is 0.0882 e. The molecule has 0 atom stereocenters. The van der Waals surface area contributed by atoms with Gasteiger partial charge in [0.15, 0.2) is 0 Å². The average Bonchev–Trinajstić information content (AvgIpc) is 2.05. The first kappa shape index (κ1) is 9.92. The lowest BCUT2D eigenvalue weighted by molar-refractivity contribution is -0.651. The van der Waals surface area contributed by atoms with Gasteiger partial charge in [-0.2, -0.15) is 0 Å². The van der Waals surface area contributed by atoms with Gasteiger partial charge in [-0.3, -0.25) is 0 Å². The molecule has 0 amide bonds. The summed E-state index contributed by atoms with van der Waals surface area (Å²) < 4.78 is 0. The van der Waals surface area contributed by atoms with Crippen molar-refractivity contribution in [2.24, 2.45) is 0 Å². The number of quaternary nitrogens is 1. The van der Waals surface area contributed by atoms with Crippen molar-refractivity contribution in [3.05, 3.63) is 0 Å². The average molecular weight is 173 g/mol. The molecule has 5 N–H and O–H groups in total. The molecule has 1 fully saturated rings. The number of hydrogen-bond donors (Lipinski definition) is 4. The predicted octanol–water partition coefficient (Wildman–Crippen LogP) is -2.67. The lowest BCUT2D eigenvalue weighted by Gasteiger charge is -2.09. The molecule has 4 heteroatoms. The maximum absolute atomic E-state index is 3.39. The molecule has 1 heterocycles. The van der Waals surface area contributed by atoms with E-state index in [-0.39, 0.29) is 0 Å². The van der Waals surface area contributed by atoms with Gasteiger partial charge in [0.1, 0.15) is 0 Å². The summed E-state index contributed by atoms with van der Waals surface area (Å²) in [6, 6.07) is 0. The van der Waals surface area contributed by atoms with Crippen molar-refractivity contribution in [2.45, 2.75) is 0 Å². The van der Waals surface area contributed by atoms with Crippen molar-refractivity contribution in [3.63, 3.8) is 0 Å². The van der Waals surface area contributed by atoms with Crippen molar-refractivity contribution in [1.29, 1.82) is 0 Å². The van der Waals surface area contributed by atoms with Crippen LogP contribution in [0.5, 0.6) is 0 Å². The van der Waals surface area contributed by atoms with Gasteiger partial charge in [-0.05, 0) is 0 Å². The van der Waals surface area contributed by atoms with Crippen LogP contribution in [0.2, 0.25) is 0 Å². The third-order valence-electron chi connectivity index (χ3n) is 2.01. The maximum Gasteiger partial charge on any atom is 0.0882 e. The molecular formula is C8H21N4+. The molecule has 0 aliphatic carbocycles. The zero-order chi connectivity index (χ0) is 8.49. The quantitative estimate of drug-likeness (QED) is 0.323. The summed E-state index contributed by atoms with van der Waals surface area (Å²) in [4.78, 5) is 0. The Morgan fingerprint density at radius 2 is 1.00 bits per heavy atom. The highest BCUT2D eigenvalue weighted by Crippen LogP contribution is 1.62. The molecule has 72 valence electrons. The van der Waals surface area contributed by atoms with Gasteiger partial charge in [0.25, 0.3) is 0 Å². The van der Waals surface area contributed by atoms with Gasteiger partial charge in [0.05, 0.1) is 13.1 Å². The first-order valence-corrected chi connectivity index (χ1v) is 4.94. The molecule has 0 spiro atoms. The van der Waals surface area contributed by atoms with Gasteiger partial charge in [-0.25, -0.2) is 0 Å². The van der Waals surface area contributed by atoms with Crippen LogP contribution in [-0.2, 0) is 0 Å². The predicted molar refractivity (Wildman–Crippen MR) is 50.3 cm³/mol. The summed E-state index contributed by atoms with van der Waals surface area (Å²) in [6.07, 6.45) is 0. The molecule has 1 saturated heterocycles. The van der Waals surface area contributed by atoms with Gasteiger partial charge in [-0.1, -0.05) is 0 Å². The summed E-state index contributed by atoms with van der Waals surface area (Å²) >= 11 is 0. The molecule has 1 rings (SSSR count). The van der Waals surface area contributed by atoms with E-state index in [1.807, 2.05) is 0 Å². The molecule has 0 radical (unpaired) electrons. The Kier molecular flexibility index (Phi) is 6.19. The van der Waals surface area contributed by atoms with Crippen molar-refractivity contribution >= 4 is 0 Å².